The van der Waals surface area contributed by atoms with E-state index in [-0.39, 0.29) is 11.7 Å². The maximum absolute atomic E-state index is 12.4. The number of hydrogen-bond donors (Lipinski definition) is 1. The van der Waals surface area contributed by atoms with Gasteiger partial charge in [-0.1, -0.05) is 42.1 Å². The summed E-state index contributed by atoms with van der Waals surface area (Å²) in [5.41, 5.74) is 2.15. The Kier molecular flexibility index (Phi) is 7.91. The number of nitrogens with zero attached hydrogens (tertiary/aromatic N) is 4. The maximum Gasteiger partial charge on any atom is 0.224 e. The van der Waals surface area contributed by atoms with Gasteiger partial charge in [-0.25, -0.2) is 0 Å². The Bertz CT molecular complexity index is 1090. The number of nitrogens with one attached hydrogen (secondary N) is 1. The number of benzene rings is 2. The van der Waals surface area contributed by atoms with Crippen LogP contribution in [0.1, 0.15) is 48.8 Å². The minimum absolute atomic E-state index is 0.0635. The summed E-state index contributed by atoms with van der Waals surface area (Å²) in [6.45, 7) is 4.50. The van der Waals surface area contributed by atoms with E-state index in [1.165, 1.54) is 19.8 Å². The second-order valence-corrected chi connectivity index (χ2v) is 9.22. The average Bonchev–Trinajstić information content (AvgIpc) is 3.48. The van der Waals surface area contributed by atoms with E-state index in [1.54, 1.807) is 30.0 Å². The Balaban J connectivity index is 1.36. The van der Waals surface area contributed by atoms with E-state index in [9.17, 15) is 9.59 Å². The van der Waals surface area contributed by atoms with Crippen LogP contribution in [0.4, 0.5) is 5.69 Å². The summed E-state index contributed by atoms with van der Waals surface area (Å²) in [5.74, 6) is 1.54. The summed E-state index contributed by atoms with van der Waals surface area (Å²) in [6.07, 6.45) is 3.54. The number of para-hydroxylation sites is 2. The number of rotatable bonds is 10. The highest BCUT2D eigenvalue weighted by Gasteiger charge is 2.19. The number of amides is 1. The van der Waals surface area contributed by atoms with Crippen LogP contribution in [-0.4, -0.2) is 50.2 Å². The molecular formula is C25H29N5O2S. The average molecular weight is 464 g/mol. The monoisotopic (exact) mass is 463 g/mol. The lowest BCUT2D eigenvalue weighted by Crippen LogP contribution is -2.21. The molecule has 1 saturated heterocycles. The number of carbonyl (C=O) groups is 2. The molecule has 2 heterocycles. The second kappa shape index (κ2) is 11.2. The standard InChI is InChI=1S/C25H29N5O2S/c1-19(31)21-12-5-6-13-22(21)26-24(32)14-9-17-33-25-28-27-23(18-29-15-7-8-16-29)30(25)20-10-3-2-4-11-20/h2-6,10-13H,7-9,14-18H2,1H3,(H,26,32). The lowest BCUT2D eigenvalue weighted by atomic mass is 10.1. The molecule has 0 bridgehead atoms. The Morgan fingerprint density at radius 3 is 2.48 bits per heavy atom. The zero-order valence-corrected chi connectivity index (χ0v) is 19.7. The third-order valence-corrected chi connectivity index (χ3v) is 6.65. The molecule has 0 radical (unpaired) electrons. The van der Waals surface area contributed by atoms with Crippen molar-refractivity contribution in [1.82, 2.24) is 19.7 Å². The number of aromatic nitrogens is 3. The summed E-state index contributed by atoms with van der Waals surface area (Å²) < 4.78 is 2.13. The molecule has 3 aromatic rings. The first-order valence-corrected chi connectivity index (χ1v) is 12.3. The van der Waals surface area contributed by atoms with E-state index < -0.39 is 0 Å². The van der Waals surface area contributed by atoms with E-state index in [4.69, 9.17) is 0 Å². The number of hydrogen-bond acceptors (Lipinski definition) is 6. The fourth-order valence-corrected chi connectivity index (χ4v) is 4.89. The first-order valence-electron chi connectivity index (χ1n) is 11.4. The molecule has 7 nitrogen and oxygen atoms in total. The summed E-state index contributed by atoms with van der Waals surface area (Å²) in [7, 11) is 0. The molecule has 1 aliphatic heterocycles. The number of carbonyl (C=O) groups excluding carboxylic acids is 2. The van der Waals surface area contributed by atoms with Crippen LogP contribution in [0.25, 0.3) is 5.69 Å². The van der Waals surface area contributed by atoms with Crippen LogP contribution in [0.3, 0.4) is 0 Å². The molecule has 8 heteroatoms. The Labute approximate surface area is 198 Å². The van der Waals surface area contributed by atoms with E-state index in [1.807, 2.05) is 24.3 Å². The molecule has 1 fully saturated rings. The van der Waals surface area contributed by atoms with Gasteiger partial charge in [0.2, 0.25) is 5.91 Å². The maximum atomic E-state index is 12.4. The SMILES string of the molecule is CC(=O)c1ccccc1NC(=O)CCCSc1nnc(CN2CCCC2)n1-c1ccccc1. The van der Waals surface area contributed by atoms with E-state index in [0.717, 1.165) is 42.1 Å². The molecule has 0 spiro atoms. The number of thioether (sulfide) groups is 1. The van der Waals surface area contributed by atoms with Crippen LogP contribution >= 0.6 is 11.8 Å². The van der Waals surface area contributed by atoms with Gasteiger partial charge in [0, 0.05) is 23.4 Å². The second-order valence-electron chi connectivity index (χ2n) is 8.15. The molecule has 33 heavy (non-hydrogen) atoms. The number of Topliss-reactive ketones (excluding diaryl/α,β-unsaturated/α-hetero) is 1. The Hall–Kier alpha value is -2.97. The van der Waals surface area contributed by atoms with Crippen molar-refractivity contribution in [1.29, 1.82) is 0 Å². The highest BCUT2D eigenvalue weighted by atomic mass is 32.2. The topological polar surface area (TPSA) is 80.1 Å². The molecule has 0 aliphatic carbocycles. The summed E-state index contributed by atoms with van der Waals surface area (Å²) in [6, 6.07) is 17.3. The summed E-state index contributed by atoms with van der Waals surface area (Å²) in [4.78, 5) is 26.6. The molecule has 2 aromatic carbocycles. The predicted octanol–water partition coefficient (Wildman–Crippen LogP) is 4.58. The van der Waals surface area contributed by atoms with Gasteiger partial charge in [0.05, 0.1) is 12.2 Å². The van der Waals surface area contributed by atoms with E-state index in [0.29, 0.717) is 24.1 Å². The van der Waals surface area contributed by atoms with Crippen LogP contribution < -0.4 is 5.32 Å². The van der Waals surface area contributed by atoms with Crippen molar-refractivity contribution < 1.29 is 9.59 Å². The number of anilines is 1. The molecule has 172 valence electrons. The fraction of sp³-hybridized carbons (Fsp3) is 0.360. The van der Waals surface area contributed by atoms with Gasteiger partial charge >= 0.3 is 0 Å². The number of ketones is 1. The van der Waals surface area contributed by atoms with Crippen LogP contribution in [-0.2, 0) is 11.3 Å². The van der Waals surface area contributed by atoms with Gasteiger partial charge in [-0.05, 0) is 63.5 Å². The molecule has 0 atom stereocenters. The minimum atomic E-state index is -0.0939. The smallest absolute Gasteiger partial charge is 0.224 e. The third-order valence-electron chi connectivity index (χ3n) is 5.64. The Morgan fingerprint density at radius 1 is 1.00 bits per heavy atom. The molecular weight excluding hydrogens is 434 g/mol. The molecule has 1 N–H and O–H groups in total. The largest absolute Gasteiger partial charge is 0.325 e. The zero-order chi connectivity index (χ0) is 23.0. The van der Waals surface area contributed by atoms with Crippen molar-refractivity contribution in [2.75, 3.05) is 24.2 Å². The Morgan fingerprint density at radius 2 is 1.73 bits per heavy atom. The molecule has 4 rings (SSSR count). The highest BCUT2D eigenvalue weighted by Crippen LogP contribution is 2.25. The van der Waals surface area contributed by atoms with Crippen LogP contribution in [0, 0.1) is 0 Å². The zero-order valence-electron chi connectivity index (χ0n) is 18.9. The summed E-state index contributed by atoms with van der Waals surface area (Å²) >= 11 is 1.61. The van der Waals surface area contributed by atoms with Crippen molar-refractivity contribution in [3.63, 3.8) is 0 Å². The van der Waals surface area contributed by atoms with E-state index in [2.05, 4.69) is 37.1 Å². The van der Waals surface area contributed by atoms with Crippen molar-refractivity contribution in [3.05, 3.63) is 66.0 Å². The van der Waals surface area contributed by atoms with Crippen LogP contribution in [0.2, 0.25) is 0 Å². The first-order chi connectivity index (χ1) is 16.1. The minimum Gasteiger partial charge on any atom is -0.325 e. The predicted molar refractivity (Wildman–Crippen MR) is 131 cm³/mol. The molecule has 0 unspecified atom stereocenters. The van der Waals surface area contributed by atoms with Gasteiger partial charge in [0.25, 0.3) is 0 Å². The highest BCUT2D eigenvalue weighted by molar-refractivity contribution is 7.99. The van der Waals surface area contributed by atoms with E-state index >= 15 is 0 Å². The number of likely N-dealkylation sites (tertiary alicyclic amines) is 1. The lowest BCUT2D eigenvalue weighted by Gasteiger charge is -2.16. The molecule has 1 aromatic heterocycles. The summed E-state index contributed by atoms with van der Waals surface area (Å²) in [5, 5.41) is 12.7. The third kappa shape index (κ3) is 6.09. The van der Waals surface area contributed by atoms with Gasteiger partial charge in [-0.15, -0.1) is 10.2 Å². The molecule has 0 saturated carbocycles. The van der Waals surface area contributed by atoms with Gasteiger partial charge in [0.15, 0.2) is 16.8 Å². The fourth-order valence-electron chi connectivity index (χ4n) is 3.98. The first kappa shape index (κ1) is 23.2. The van der Waals surface area contributed by atoms with Crippen molar-refractivity contribution in [3.8, 4) is 5.69 Å². The van der Waals surface area contributed by atoms with Crippen molar-refractivity contribution in [2.45, 2.75) is 44.3 Å². The van der Waals surface area contributed by atoms with Gasteiger partial charge < -0.3 is 5.32 Å². The molecule has 1 aliphatic rings. The van der Waals surface area contributed by atoms with Gasteiger partial charge in [0.1, 0.15) is 0 Å². The molecule has 1 amide bonds. The van der Waals surface area contributed by atoms with Crippen molar-refractivity contribution in [2.24, 2.45) is 0 Å². The normalized spacial score (nSPS) is 13.8. The van der Waals surface area contributed by atoms with Crippen molar-refractivity contribution >= 4 is 29.1 Å². The van der Waals surface area contributed by atoms with Gasteiger partial charge in [-0.3, -0.25) is 19.1 Å². The van der Waals surface area contributed by atoms with Crippen LogP contribution in [0.15, 0.2) is 59.8 Å². The van der Waals surface area contributed by atoms with Crippen LogP contribution in [0.5, 0.6) is 0 Å². The lowest BCUT2D eigenvalue weighted by molar-refractivity contribution is -0.116. The van der Waals surface area contributed by atoms with Gasteiger partial charge in [-0.2, -0.15) is 0 Å². The quantitative estimate of drug-likeness (QED) is 0.269.